The Morgan fingerprint density at radius 2 is 2.04 bits per heavy atom. The molecule has 1 aliphatic rings. The fraction of sp³-hybridized carbons (Fsp3) is 0.706. The molecule has 0 saturated heterocycles. The molecule has 2 aromatic heterocycles. The zero-order valence-electron chi connectivity index (χ0n) is 16.6. The van der Waals surface area contributed by atoms with Crippen molar-refractivity contribution >= 4 is 10.0 Å². The lowest BCUT2D eigenvalue weighted by Crippen LogP contribution is -2.33. The molecule has 9 nitrogen and oxygen atoms in total. The van der Waals surface area contributed by atoms with Crippen LogP contribution in [-0.2, 0) is 34.5 Å². The second-order valence-electron chi connectivity index (χ2n) is 7.43. The molecular weight excluding hydrogens is 368 g/mol. The van der Waals surface area contributed by atoms with Crippen LogP contribution in [0.25, 0.3) is 0 Å². The van der Waals surface area contributed by atoms with Crippen molar-refractivity contribution in [3.63, 3.8) is 0 Å². The van der Waals surface area contributed by atoms with Crippen LogP contribution >= 0.6 is 0 Å². The Morgan fingerprint density at radius 1 is 1.30 bits per heavy atom. The first-order valence-corrected chi connectivity index (χ1v) is 10.7. The number of ether oxygens (including phenoxy) is 1. The second kappa shape index (κ2) is 7.69. The summed E-state index contributed by atoms with van der Waals surface area (Å²) in [6, 6.07) is -0.408. The fourth-order valence-electron chi connectivity index (χ4n) is 3.54. The zero-order chi connectivity index (χ0) is 19.8. The summed E-state index contributed by atoms with van der Waals surface area (Å²) >= 11 is 0. The first kappa shape index (κ1) is 20.0. The lowest BCUT2D eigenvalue weighted by atomic mass is 10.1. The van der Waals surface area contributed by atoms with Crippen molar-refractivity contribution in [3.05, 3.63) is 23.0 Å². The second-order valence-corrected chi connectivity index (χ2v) is 9.09. The zero-order valence-corrected chi connectivity index (χ0v) is 17.4. The third-order valence-corrected chi connectivity index (χ3v) is 6.33. The van der Waals surface area contributed by atoms with Crippen LogP contribution < -0.4 is 4.72 Å². The SMILES string of the molecule is COCc1nc2n(n1)CCC[C@@H]2NS(=O)(=O)c1c(C)nn(CC(C)C)c1C. The molecule has 1 N–H and O–H groups in total. The molecule has 0 amide bonds. The molecule has 3 heterocycles. The average molecular weight is 397 g/mol. The van der Waals surface area contributed by atoms with Gasteiger partial charge in [0, 0.05) is 20.2 Å². The molecule has 0 bridgehead atoms. The van der Waals surface area contributed by atoms with Crippen LogP contribution in [0.2, 0.25) is 0 Å². The Morgan fingerprint density at radius 3 is 2.70 bits per heavy atom. The van der Waals surface area contributed by atoms with Crippen molar-refractivity contribution in [2.75, 3.05) is 7.11 Å². The van der Waals surface area contributed by atoms with Crippen LogP contribution in [0.1, 0.15) is 55.8 Å². The Labute approximate surface area is 160 Å². The summed E-state index contributed by atoms with van der Waals surface area (Å²) in [7, 11) is -2.14. The van der Waals surface area contributed by atoms with E-state index in [1.165, 1.54) is 0 Å². The summed E-state index contributed by atoms with van der Waals surface area (Å²) in [6.07, 6.45) is 1.52. The summed E-state index contributed by atoms with van der Waals surface area (Å²) < 4.78 is 37.7. The molecule has 10 heteroatoms. The highest BCUT2D eigenvalue weighted by atomic mass is 32.2. The lowest BCUT2D eigenvalue weighted by molar-refractivity contribution is 0.177. The summed E-state index contributed by atoms with van der Waals surface area (Å²) in [6.45, 7) is 9.41. The van der Waals surface area contributed by atoms with Crippen molar-refractivity contribution in [1.29, 1.82) is 0 Å². The molecule has 0 unspecified atom stereocenters. The monoisotopic (exact) mass is 396 g/mol. The van der Waals surface area contributed by atoms with Gasteiger partial charge in [-0.15, -0.1) is 0 Å². The van der Waals surface area contributed by atoms with Crippen LogP contribution in [-0.4, -0.2) is 40.1 Å². The van der Waals surface area contributed by atoms with Gasteiger partial charge in [0.15, 0.2) is 5.82 Å². The molecule has 0 spiro atoms. The molecule has 150 valence electrons. The third-order valence-electron chi connectivity index (χ3n) is 4.61. The number of hydrogen-bond acceptors (Lipinski definition) is 6. The minimum atomic E-state index is -3.73. The molecule has 1 atom stereocenters. The summed E-state index contributed by atoms with van der Waals surface area (Å²) in [5, 5.41) is 8.82. The van der Waals surface area contributed by atoms with E-state index < -0.39 is 16.1 Å². The Balaban J connectivity index is 1.89. The largest absolute Gasteiger partial charge is 0.377 e. The molecule has 0 radical (unpaired) electrons. The first-order valence-electron chi connectivity index (χ1n) is 9.21. The molecule has 0 aliphatic carbocycles. The van der Waals surface area contributed by atoms with E-state index in [4.69, 9.17) is 4.74 Å². The van der Waals surface area contributed by atoms with Crippen molar-refractivity contribution in [2.24, 2.45) is 5.92 Å². The lowest BCUT2D eigenvalue weighted by Gasteiger charge is -2.23. The molecule has 0 fully saturated rings. The fourth-order valence-corrected chi connectivity index (χ4v) is 5.18. The van der Waals surface area contributed by atoms with Crippen molar-refractivity contribution in [1.82, 2.24) is 29.3 Å². The van der Waals surface area contributed by atoms with Crippen LogP contribution in [0.4, 0.5) is 0 Å². The highest BCUT2D eigenvalue weighted by molar-refractivity contribution is 7.89. The first-order chi connectivity index (χ1) is 12.7. The van der Waals surface area contributed by atoms with Gasteiger partial charge in [-0.1, -0.05) is 13.8 Å². The Kier molecular flexibility index (Phi) is 5.68. The van der Waals surface area contributed by atoms with Crippen molar-refractivity contribution in [2.45, 2.75) is 71.2 Å². The topological polar surface area (TPSA) is 104 Å². The molecule has 0 saturated carbocycles. The van der Waals surface area contributed by atoms with E-state index in [0.29, 0.717) is 48.5 Å². The van der Waals surface area contributed by atoms with Gasteiger partial charge in [0.2, 0.25) is 10.0 Å². The van der Waals surface area contributed by atoms with E-state index in [1.807, 2.05) is 0 Å². The summed E-state index contributed by atoms with van der Waals surface area (Å²) in [4.78, 5) is 4.73. The molecule has 1 aliphatic heterocycles. The normalized spacial score (nSPS) is 17.5. The van der Waals surface area contributed by atoms with Gasteiger partial charge >= 0.3 is 0 Å². The number of aryl methyl sites for hydroxylation is 2. The smallest absolute Gasteiger partial charge is 0.244 e. The van der Waals surface area contributed by atoms with Gasteiger partial charge in [0.1, 0.15) is 17.3 Å². The van der Waals surface area contributed by atoms with Crippen LogP contribution in [0.5, 0.6) is 0 Å². The minimum Gasteiger partial charge on any atom is -0.377 e. The van der Waals surface area contributed by atoms with Crippen LogP contribution in [0.15, 0.2) is 4.90 Å². The predicted molar refractivity (Wildman–Crippen MR) is 99.6 cm³/mol. The van der Waals surface area contributed by atoms with Gasteiger partial charge < -0.3 is 4.74 Å². The number of aromatic nitrogens is 5. The molecule has 27 heavy (non-hydrogen) atoms. The number of rotatable bonds is 7. The van der Waals surface area contributed by atoms with Gasteiger partial charge in [-0.2, -0.15) is 10.2 Å². The number of hydrogen-bond donors (Lipinski definition) is 1. The van der Waals surface area contributed by atoms with E-state index in [9.17, 15) is 8.42 Å². The summed E-state index contributed by atoms with van der Waals surface area (Å²) in [5.41, 5.74) is 1.17. The number of nitrogens with one attached hydrogen (secondary N) is 1. The highest BCUT2D eigenvalue weighted by Gasteiger charge is 2.32. The van der Waals surface area contributed by atoms with Gasteiger partial charge in [-0.25, -0.2) is 22.8 Å². The molecule has 0 aromatic carbocycles. The van der Waals surface area contributed by atoms with Gasteiger partial charge in [-0.3, -0.25) is 4.68 Å². The summed E-state index contributed by atoms with van der Waals surface area (Å²) in [5.74, 6) is 1.58. The molecule has 3 rings (SSSR count). The predicted octanol–water partition coefficient (Wildman–Crippen LogP) is 1.71. The van der Waals surface area contributed by atoms with Crippen molar-refractivity contribution in [3.8, 4) is 0 Å². The Hall–Kier alpha value is -1.78. The highest BCUT2D eigenvalue weighted by Crippen LogP contribution is 2.27. The van der Waals surface area contributed by atoms with E-state index >= 15 is 0 Å². The van der Waals surface area contributed by atoms with Crippen molar-refractivity contribution < 1.29 is 13.2 Å². The third kappa shape index (κ3) is 4.07. The quantitative estimate of drug-likeness (QED) is 0.764. The number of nitrogens with zero attached hydrogens (tertiary/aromatic N) is 5. The van der Waals surface area contributed by atoms with E-state index in [2.05, 4.69) is 33.8 Å². The van der Waals surface area contributed by atoms with Gasteiger partial charge in [-0.05, 0) is 32.6 Å². The van der Waals surface area contributed by atoms with E-state index in [1.54, 1.807) is 30.3 Å². The van der Waals surface area contributed by atoms with E-state index in [0.717, 1.165) is 13.0 Å². The standard InChI is InChI=1S/C17H28N6O3S/c1-11(2)9-23-13(4)16(12(3)19-23)27(24,25)21-14-7-6-8-22-17(14)18-15(20-22)10-26-5/h11,14,21H,6-10H2,1-5H3/t14-/m0/s1. The van der Waals surface area contributed by atoms with Gasteiger partial charge in [0.25, 0.3) is 0 Å². The Bertz CT molecular complexity index is 915. The van der Waals surface area contributed by atoms with E-state index in [-0.39, 0.29) is 4.90 Å². The molecule has 2 aromatic rings. The van der Waals surface area contributed by atoms with Gasteiger partial charge in [0.05, 0.1) is 17.4 Å². The number of fused-ring (bicyclic) bond motifs is 1. The molecular formula is C17H28N6O3S. The minimum absolute atomic E-state index is 0.261. The maximum atomic E-state index is 13.1. The average Bonchev–Trinajstić information content (AvgIpc) is 3.08. The van der Waals surface area contributed by atoms with Crippen LogP contribution in [0, 0.1) is 19.8 Å². The van der Waals surface area contributed by atoms with Crippen LogP contribution in [0.3, 0.4) is 0 Å². The maximum Gasteiger partial charge on any atom is 0.244 e. The number of sulfonamides is 1. The maximum absolute atomic E-state index is 13.1. The number of methoxy groups -OCH3 is 1.